The first-order chi connectivity index (χ1) is 14.2. The van der Waals surface area contributed by atoms with Crippen molar-refractivity contribution in [1.82, 2.24) is 20.4 Å². The molecule has 1 aromatic rings. The topological polar surface area (TPSA) is 60.0 Å². The molecule has 29 heavy (non-hydrogen) atoms. The predicted octanol–water partition coefficient (Wildman–Crippen LogP) is 2.74. The number of nitrogens with zero attached hydrogens (tertiary/aromatic N) is 3. The Kier molecular flexibility index (Phi) is 8.35. The van der Waals surface area contributed by atoms with Gasteiger partial charge in [0, 0.05) is 45.2 Å². The summed E-state index contributed by atoms with van der Waals surface area (Å²) >= 11 is 0. The zero-order valence-corrected chi connectivity index (χ0v) is 18.1. The number of amides is 1. The van der Waals surface area contributed by atoms with Crippen molar-refractivity contribution >= 4 is 11.9 Å². The summed E-state index contributed by atoms with van der Waals surface area (Å²) < 4.78 is 0. The monoisotopic (exact) mass is 399 g/mol. The summed E-state index contributed by atoms with van der Waals surface area (Å²) in [6.07, 6.45) is 5.22. The SMILES string of the molecule is CCCN1CCC(NC(=NCc2ccccc2CN2CCCC2=O)NCC)CC1. The highest BCUT2D eigenvalue weighted by Gasteiger charge is 2.21. The summed E-state index contributed by atoms with van der Waals surface area (Å²) in [6.45, 7) is 10.9. The van der Waals surface area contributed by atoms with E-state index in [2.05, 4.69) is 53.6 Å². The second-order valence-corrected chi connectivity index (χ2v) is 8.14. The van der Waals surface area contributed by atoms with Crippen LogP contribution in [0.2, 0.25) is 0 Å². The largest absolute Gasteiger partial charge is 0.357 e. The fourth-order valence-electron chi connectivity index (χ4n) is 4.24. The number of benzene rings is 1. The molecule has 1 aromatic carbocycles. The van der Waals surface area contributed by atoms with Gasteiger partial charge in [-0.1, -0.05) is 31.2 Å². The Bertz CT molecular complexity index is 682. The van der Waals surface area contributed by atoms with E-state index in [1.807, 2.05) is 4.90 Å². The van der Waals surface area contributed by atoms with Crippen molar-refractivity contribution in [3.63, 3.8) is 0 Å². The lowest BCUT2D eigenvalue weighted by atomic mass is 10.1. The molecular weight excluding hydrogens is 362 g/mol. The lowest BCUT2D eigenvalue weighted by Gasteiger charge is -2.32. The molecule has 6 heteroatoms. The third kappa shape index (κ3) is 6.46. The third-order valence-electron chi connectivity index (χ3n) is 5.87. The first kappa shape index (κ1) is 21.6. The Balaban J connectivity index is 1.59. The number of rotatable bonds is 8. The Labute approximate surface area is 175 Å². The van der Waals surface area contributed by atoms with E-state index in [4.69, 9.17) is 4.99 Å². The van der Waals surface area contributed by atoms with Crippen molar-refractivity contribution in [2.75, 3.05) is 32.7 Å². The van der Waals surface area contributed by atoms with Gasteiger partial charge < -0.3 is 20.4 Å². The molecule has 0 atom stereocenters. The number of likely N-dealkylation sites (tertiary alicyclic amines) is 2. The van der Waals surface area contributed by atoms with Gasteiger partial charge >= 0.3 is 0 Å². The van der Waals surface area contributed by atoms with Gasteiger partial charge in [0.05, 0.1) is 6.54 Å². The standard InChI is InChI=1S/C23H37N5O/c1-3-13-27-15-11-21(12-16-27)26-23(24-4-2)25-17-19-8-5-6-9-20(19)18-28-14-7-10-22(28)29/h5-6,8-9,21H,3-4,7,10-18H2,1-2H3,(H2,24,25,26). The number of nitrogens with one attached hydrogen (secondary N) is 2. The first-order valence-electron chi connectivity index (χ1n) is 11.3. The van der Waals surface area contributed by atoms with Gasteiger partial charge in [0.15, 0.2) is 5.96 Å². The molecular formula is C23H37N5O. The average Bonchev–Trinajstić information content (AvgIpc) is 3.13. The zero-order valence-electron chi connectivity index (χ0n) is 18.1. The summed E-state index contributed by atoms with van der Waals surface area (Å²) in [6, 6.07) is 8.85. The van der Waals surface area contributed by atoms with Crippen LogP contribution in [0, 0.1) is 0 Å². The Morgan fingerprint density at radius 1 is 1.14 bits per heavy atom. The number of carbonyl (C=O) groups is 1. The van der Waals surface area contributed by atoms with Crippen molar-refractivity contribution in [3.05, 3.63) is 35.4 Å². The molecule has 2 aliphatic heterocycles. The minimum atomic E-state index is 0.271. The number of piperidine rings is 1. The Morgan fingerprint density at radius 2 is 1.90 bits per heavy atom. The fourth-order valence-corrected chi connectivity index (χ4v) is 4.24. The van der Waals surface area contributed by atoms with E-state index in [-0.39, 0.29) is 5.91 Å². The van der Waals surface area contributed by atoms with Gasteiger partial charge in [-0.05, 0) is 50.3 Å². The van der Waals surface area contributed by atoms with E-state index in [9.17, 15) is 4.79 Å². The Hall–Kier alpha value is -2.08. The fraction of sp³-hybridized carbons (Fsp3) is 0.652. The van der Waals surface area contributed by atoms with Crippen molar-refractivity contribution in [2.45, 2.75) is 65.1 Å². The third-order valence-corrected chi connectivity index (χ3v) is 5.87. The smallest absolute Gasteiger partial charge is 0.222 e. The van der Waals surface area contributed by atoms with E-state index in [0.717, 1.165) is 51.4 Å². The van der Waals surface area contributed by atoms with Crippen LogP contribution in [0.15, 0.2) is 29.3 Å². The molecule has 2 fully saturated rings. The van der Waals surface area contributed by atoms with Crippen LogP contribution in [0.25, 0.3) is 0 Å². The molecule has 2 aliphatic rings. The molecule has 0 spiro atoms. The van der Waals surface area contributed by atoms with Crippen molar-refractivity contribution in [3.8, 4) is 0 Å². The predicted molar refractivity (Wildman–Crippen MR) is 119 cm³/mol. The number of hydrogen-bond acceptors (Lipinski definition) is 3. The van der Waals surface area contributed by atoms with Gasteiger partial charge in [-0.15, -0.1) is 0 Å². The van der Waals surface area contributed by atoms with Crippen LogP contribution in [0.3, 0.4) is 0 Å². The normalized spacial score (nSPS) is 19.0. The van der Waals surface area contributed by atoms with Crippen molar-refractivity contribution < 1.29 is 4.79 Å². The van der Waals surface area contributed by atoms with E-state index in [1.165, 1.54) is 24.1 Å². The molecule has 0 bridgehead atoms. The first-order valence-corrected chi connectivity index (χ1v) is 11.3. The molecule has 0 radical (unpaired) electrons. The molecule has 2 heterocycles. The van der Waals surface area contributed by atoms with Crippen LogP contribution < -0.4 is 10.6 Å². The van der Waals surface area contributed by atoms with Crippen molar-refractivity contribution in [1.29, 1.82) is 0 Å². The van der Waals surface area contributed by atoms with Gasteiger partial charge in [0.2, 0.25) is 5.91 Å². The summed E-state index contributed by atoms with van der Waals surface area (Å²) in [4.78, 5) is 21.4. The van der Waals surface area contributed by atoms with E-state index < -0.39 is 0 Å². The molecule has 0 unspecified atom stereocenters. The summed E-state index contributed by atoms with van der Waals surface area (Å²) in [5.41, 5.74) is 2.40. The van der Waals surface area contributed by atoms with Gasteiger partial charge in [0.1, 0.15) is 0 Å². The zero-order chi connectivity index (χ0) is 20.5. The highest BCUT2D eigenvalue weighted by molar-refractivity contribution is 5.80. The highest BCUT2D eigenvalue weighted by Crippen LogP contribution is 2.18. The van der Waals surface area contributed by atoms with E-state index in [0.29, 0.717) is 25.6 Å². The second kappa shape index (κ2) is 11.2. The molecule has 0 aliphatic carbocycles. The van der Waals surface area contributed by atoms with Crippen LogP contribution in [-0.2, 0) is 17.9 Å². The average molecular weight is 400 g/mol. The molecule has 1 amide bonds. The molecule has 2 saturated heterocycles. The van der Waals surface area contributed by atoms with Gasteiger partial charge in [-0.3, -0.25) is 4.79 Å². The Morgan fingerprint density at radius 3 is 2.55 bits per heavy atom. The van der Waals surface area contributed by atoms with E-state index in [1.54, 1.807) is 0 Å². The number of guanidine groups is 1. The highest BCUT2D eigenvalue weighted by atomic mass is 16.2. The number of aliphatic imine (C=N–C) groups is 1. The molecule has 0 aromatic heterocycles. The molecule has 6 nitrogen and oxygen atoms in total. The van der Waals surface area contributed by atoms with Crippen molar-refractivity contribution in [2.24, 2.45) is 4.99 Å². The van der Waals surface area contributed by atoms with Crippen LogP contribution in [0.4, 0.5) is 0 Å². The summed E-state index contributed by atoms with van der Waals surface area (Å²) in [7, 11) is 0. The van der Waals surface area contributed by atoms with Crippen LogP contribution >= 0.6 is 0 Å². The minimum Gasteiger partial charge on any atom is -0.357 e. The lowest BCUT2D eigenvalue weighted by Crippen LogP contribution is -2.48. The van der Waals surface area contributed by atoms with Gasteiger partial charge in [-0.25, -0.2) is 4.99 Å². The number of hydrogen-bond donors (Lipinski definition) is 2. The molecule has 0 saturated carbocycles. The van der Waals surface area contributed by atoms with Crippen LogP contribution in [-0.4, -0.2) is 60.4 Å². The second-order valence-electron chi connectivity index (χ2n) is 8.14. The van der Waals surface area contributed by atoms with Crippen LogP contribution in [0.5, 0.6) is 0 Å². The summed E-state index contributed by atoms with van der Waals surface area (Å²) in [5, 5.41) is 7.03. The number of carbonyl (C=O) groups excluding carboxylic acids is 1. The van der Waals surface area contributed by atoms with E-state index >= 15 is 0 Å². The quantitative estimate of drug-likeness (QED) is 0.521. The van der Waals surface area contributed by atoms with Gasteiger partial charge in [-0.2, -0.15) is 0 Å². The maximum Gasteiger partial charge on any atom is 0.222 e. The molecule has 2 N–H and O–H groups in total. The lowest BCUT2D eigenvalue weighted by molar-refractivity contribution is -0.128. The maximum atomic E-state index is 12.0. The van der Waals surface area contributed by atoms with Gasteiger partial charge in [0.25, 0.3) is 0 Å². The minimum absolute atomic E-state index is 0.271. The summed E-state index contributed by atoms with van der Waals surface area (Å²) in [5.74, 6) is 1.17. The maximum absolute atomic E-state index is 12.0. The molecule has 3 rings (SSSR count). The molecule has 160 valence electrons. The van der Waals surface area contributed by atoms with Crippen LogP contribution in [0.1, 0.15) is 57.1 Å².